The van der Waals surface area contributed by atoms with Crippen molar-refractivity contribution >= 4 is 22.5 Å². The molecule has 0 saturated carbocycles. The van der Waals surface area contributed by atoms with Gasteiger partial charge in [0.25, 0.3) is 5.56 Å². The maximum Gasteiger partial charge on any atom is 0.277 e. The van der Waals surface area contributed by atoms with Gasteiger partial charge >= 0.3 is 0 Å². The van der Waals surface area contributed by atoms with Crippen LogP contribution in [-0.4, -0.2) is 45.2 Å². The standard InChI is InChI=1S/C33H34N6O3/c1-33(21-42-22-33)26-11-9-23(10-12-26)6-5-14-35-29-19-37-31(24-7-3-2-4-8-24)39(32(29)41)20-30(40)36-18-27-16-25-17-34-15-13-28(25)38-27/h2-4,7-13,15-17,19,35,38H,5-6,14,18,20-22H2,1H3,(H,36,40). The lowest BCUT2D eigenvalue weighted by Crippen LogP contribution is -2.43. The van der Waals surface area contributed by atoms with Crippen LogP contribution in [0.5, 0.6) is 0 Å². The third-order valence-corrected chi connectivity index (χ3v) is 7.78. The Labute approximate surface area is 244 Å². The van der Waals surface area contributed by atoms with E-state index in [1.54, 1.807) is 18.6 Å². The molecule has 9 nitrogen and oxygen atoms in total. The number of rotatable bonds is 11. The number of carbonyl (C=O) groups excluding carboxylic acids is 1. The number of nitrogens with zero attached hydrogens (tertiary/aromatic N) is 3. The summed E-state index contributed by atoms with van der Waals surface area (Å²) < 4.78 is 6.83. The molecule has 1 aliphatic heterocycles. The number of nitrogens with one attached hydrogen (secondary N) is 3. The van der Waals surface area contributed by atoms with Crippen molar-refractivity contribution in [2.45, 2.75) is 38.3 Å². The maximum absolute atomic E-state index is 13.6. The minimum Gasteiger partial charge on any atom is -0.379 e. The summed E-state index contributed by atoms with van der Waals surface area (Å²) in [5, 5.41) is 7.14. The molecule has 1 aliphatic rings. The van der Waals surface area contributed by atoms with Crippen LogP contribution in [0, 0.1) is 0 Å². The fourth-order valence-electron chi connectivity index (χ4n) is 5.26. The molecular formula is C33H34N6O3. The number of carbonyl (C=O) groups is 1. The fourth-order valence-corrected chi connectivity index (χ4v) is 5.26. The Morgan fingerprint density at radius 3 is 2.62 bits per heavy atom. The molecule has 4 heterocycles. The van der Waals surface area contributed by atoms with E-state index in [1.165, 1.54) is 15.7 Å². The second kappa shape index (κ2) is 12.0. The summed E-state index contributed by atoms with van der Waals surface area (Å²) in [5.74, 6) is 0.166. The summed E-state index contributed by atoms with van der Waals surface area (Å²) in [7, 11) is 0. The van der Waals surface area contributed by atoms with Crippen molar-refractivity contribution in [1.82, 2.24) is 24.8 Å². The van der Waals surface area contributed by atoms with Crippen LogP contribution in [0.4, 0.5) is 5.69 Å². The van der Waals surface area contributed by atoms with Crippen molar-refractivity contribution in [3.63, 3.8) is 0 Å². The summed E-state index contributed by atoms with van der Waals surface area (Å²) in [6, 6.07) is 22.0. The number of fused-ring (bicyclic) bond motifs is 1. The predicted molar refractivity (Wildman–Crippen MR) is 163 cm³/mol. The lowest BCUT2D eigenvalue weighted by Gasteiger charge is -2.38. The number of aryl methyl sites for hydroxylation is 1. The Balaban J connectivity index is 1.11. The first-order valence-electron chi connectivity index (χ1n) is 14.2. The molecule has 5 aromatic rings. The van der Waals surface area contributed by atoms with Crippen LogP contribution >= 0.6 is 0 Å². The van der Waals surface area contributed by atoms with Crippen LogP contribution in [-0.2, 0) is 34.5 Å². The van der Waals surface area contributed by atoms with Crippen molar-refractivity contribution in [1.29, 1.82) is 0 Å². The number of aromatic amines is 1. The minimum absolute atomic E-state index is 0.129. The zero-order valence-corrected chi connectivity index (χ0v) is 23.6. The first kappa shape index (κ1) is 27.4. The smallest absolute Gasteiger partial charge is 0.277 e. The van der Waals surface area contributed by atoms with Crippen molar-refractivity contribution in [3.8, 4) is 11.4 Å². The van der Waals surface area contributed by atoms with Gasteiger partial charge in [-0.15, -0.1) is 0 Å². The zero-order chi connectivity index (χ0) is 28.9. The van der Waals surface area contributed by atoms with Gasteiger partial charge in [-0.2, -0.15) is 0 Å². The number of hydrogen-bond acceptors (Lipinski definition) is 6. The summed E-state index contributed by atoms with van der Waals surface area (Å²) in [4.78, 5) is 38.6. The highest BCUT2D eigenvalue weighted by molar-refractivity contribution is 5.80. The number of ether oxygens (including phenoxy) is 1. The van der Waals surface area contributed by atoms with Gasteiger partial charge in [0.2, 0.25) is 5.91 Å². The van der Waals surface area contributed by atoms with Crippen LogP contribution in [0.15, 0.2) is 90.1 Å². The van der Waals surface area contributed by atoms with E-state index in [4.69, 9.17) is 4.74 Å². The topological polar surface area (TPSA) is 114 Å². The molecule has 0 bridgehead atoms. The van der Waals surface area contributed by atoms with Gasteiger partial charge in [0.1, 0.15) is 18.1 Å². The number of aromatic nitrogens is 4. The second-order valence-electron chi connectivity index (χ2n) is 11.1. The molecule has 0 radical (unpaired) electrons. The fraction of sp³-hybridized carbons (Fsp3) is 0.273. The number of H-pyrrole nitrogens is 1. The largest absolute Gasteiger partial charge is 0.379 e. The van der Waals surface area contributed by atoms with Crippen LogP contribution in [0.2, 0.25) is 0 Å². The van der Waals surface area contributed by atoms with E-state index in [1.807, 2.05) is 42.5 Å². The molecule has 0 aliphatic carbocycles. The molecule has 3 N–H and O–H groups in total. The summed E-state index contributed by atoms with van der Waals surface area (Å²) in [6.07, 6.45) is 6.79. The van der Waals surface area contributed by atoms with Gasteiger partial charge in [0.05, 0.1) is 26.0 Å². The Hall–Kier alpha value is -4.76. The van der Waals surface area contributed by atoms with Crippen molar-refractivity contribution in [2.24, 2.45) is 0 Å². The normalized spacial score (nSPS) is 13.9. The highest BCUT2D eigenvalue weighted by Gasteiger charge is 2.34. The molecule has 1 fully saturated rings. The van der Waals surface area contributed by atoms with Crippen molar-refractivity contribution in [3.05, 3.63) is 112 Å². The molecular weight excluding hydrogens is 528 g/mol. The molecule has 6 rings (SSSR count). The maximum atomic E-state index is 13.6. The van der Waals surface area contributed by atoms with Crippen LogP contribution in [0.25, 0.3) is 22.3 Å². The van der Waals surface area contributed by atoms with E-state index in [0.29, 0.717) is 24.6 Å². The molecule has 2 aromatic carbocycles. The molecule has 214 valence electrons. The van der Waals surface area contributed by atoms with E-state index >= 15 is 0 Å². The highest BCUT2D eigenvalue weighted by atomic mass is 16.5. The van der Waals surface area contributed by atoms with E-state index < -0.39 is 0 Å². The number of benzene rings is 2. The first-order valence-corrected chi connectivity index (χ1v) is 14.2. The van der Waals surface area contributed by atoms with E-state index in [2.05, 4.69) is 56.8 Å². The Morgan fingerprint density at radius 1 is 1.07 bits per heavy atom. The Kier molecular flexibility index (Phi) is 7.83. The van der Waals surface area contributed by atoms with E-state index in [-0.39, 0.29) is 23.4 Å². The molecule has 0 spiro atoms. The van der Waals surface area contributed by atoms with Crippen LogP contribution in [0.1, 0.15) is 30.2 Å². The summed E-state index contributed by atoms with van der Waals surface area (Å²) in [6.45, 7) is 4.54. The average Bonchev–Trinajstić information content (AvgIpc) is 3.43. The van der Waals surface area contributed by atoms with Crippen LogP contribution < -0.4 is 16.2 Å². The monoisotopic (exact) mass is 562 g/mol. The Morgan fingerprint density at radius 2 is 1.88 bits per heavy atom. The lowest BCUT2D eigenvalue weighted by molar-refractivity contribution is -0.121. The first-order chi connectivity index (χ1) is 20.5. The molecule has 0 unspecified atom stereocenters. The number of amides is 1. The Bertz CT molecular complexity index is 1710. The molecule has 9 heteroatoms. The van der Waals surface area contributed by atoms with Gasteiger partial charge in [0.15, 0.2) is 0 Å². The van der Waals surface area contributed by atoms with Crippen molar-refractivity contribution < 1.29 is 9.53 Å². The van der Waals surface area contributed by atoms with Gasteiger partial charge in [0, 0.05) is 46.5 Å². The van der Waals surface area contributed by atoms with Gasteiger partial charge in [-0.05, 0) is 36.1 Å². The van der Waals surface area contributed by atoms with E-state index in [9.17, 15) is 9.59 Å². The van der Waals surface area contributed by atoms with Gasteiger partial charge in [-0.25, -0.2) is 4.98 Å². The van der Waals surface area contributed by atoms with E-state index in [0.717, 1.165) is 48.2 Å². The molecule has 3 aromatic heterocycles. The molecule has 1 saturated heterocycles. The highest BCUT2D eigenvalue weighted by Crippen LogP contribution is 2.31. The number of anilines is 1. The summed E-state index contributed by atoms with van der Waals surface area (Å²) >= 11 is 0. The number of pyridine rings is 1. The zero-order valence-electron chi connectivity index (χ0n) is 23.6. The summed E-state index contributed by atoms with van der Waals surface area (Å²) in [5.41, 5.74) is 5.36. The van der Waals surface area contributed by atoms with Gasteiger partial charge in [-0.1, -0.05) is 61.5 Å². The van der Waals surface area contributed by atoms with Crippen LogP contribution in [0.3, 0.4) is 0 Å². The number of hydrogen-bond donors (Lipinski definition) is 3. The molecule has 0 atom stereocenters. The predicted octanol–water partition coefficient (Wildman–Crippen LogP) is 4.44. The SMILES string of the molecule is CC1(c2ccc(CCCNc3cnc(-c4ccccc4)n(CC(=O)NCc4cc5cnccc5[nH]4)c3=O)cc2)COC1. The van der Waals surface area contributed by atoms with Gasteiger partial charge in [-0.3, -0.25) is 19.1 Å². The second-order valence-corrected chi connectivity index (χ2v) is 11.1. The average molecular weight is 563 g/mol. The molecule has 42 heavy (non-hydrogen) atoms. The third-order valence-electron chi connectivity index (χ3n) is 7.78. The molecule has 1 amide bonds. The lowest BCUT2D eigenvalue weighted by atomic mass is 9.80. The minimum atomic E-state index is -0.282. The quantitative estimate of drug-likeness (QED) is 0.205. The third kappa shape index (κ3) is 5.96. The van der Waals surface area contributed by atoms with Crippen molar-refractivity contribution in [2.75, 3.05) is 25.1 Å². The van der Waals surface area contributed by atoms with Gasteiger partial charge < -0.3 is 20.4 Å².